The van der Waals surface area contributed by atoms with E-state index < -0.39 is 0 Å². The minimum absolute atomic E-state index is 0.356. The molecule has 0 atom stereocenters. The zero-order chi connectivity index (χ0) is 14.8. The van der Waals surface area contributed by atoms with Gasteiger partial charge in [0.05, 0.1) is 5.69 Å². The maximum atomic E-state index is 9.28. The van der Waals surface area contributed by atoms with Crippen LogP contribution in [0, 0.1) is 11.3 Å². The molecule has 0 N–H and O–H groups in total. The third-order valence-electron chi connectivity index (χ3n) is 3.56. The molecule has 3 rings (SSSR count). The summed E-state index contributed by atoms with van der Waals surface area (Å²) in [6, 6.07) is 9.35. The highest BCUT2D eigenvalue weighted by molar-refractivity contribution is 6.30. The van der Waals surface area contributed by atoms with E-state index in [2.05, 4.69) is 33.1 Å². The van der Waals surface area contributed by atoms with Crippen molar-refractivity contribution in [3.63, 3.8) is 0 Å². The number of hydrogen-bond acceptors (Lipinski definition) is 5. The molecule has 0 unspecified atom stereocenters. The van der Waals surface area contributed by atoms with Gasteiger partial charge in [-0.25, -0.2) is 0 Å². The smallest absolute Gasteiger partial charge is 0.207 e. The number of anilines is 1. The van der Waals surface area contributed by atoms with Gasteiger partial charge in [0.15, 0.2) is 5.82 Å². The van der Waals surface area contributed by atoms with Crippen molar-refractivity contribution < 1.29 is 0 Å². The maximum absolute atomic E-state index is 9.28. The molecule has 7 heteroatoms. The Kier molecular flexibility index (Phi) is 3.78. The van der Waals surface area contributed by atoms with Gasteiger partial charge in [0.2, 0.25) is 5.69 Å². The van der Waals surface area contributed by atoms with Crippen molar-refractivity contribution in [3.05, 3.63) is 35.0 Å². The first-order valence-electron chi connectivity index (χ1n) is 6.74. The Balaban J connectivity index is 1.91. The van der Waals surface area contributed by atoms with Gasteiger partial charge < -0.3 is 9.80 Å². The molecule has 108 valence electrons. The lowest BCUT2D eigenvalue weighted by molar-refractivity contribution is 0.312. The first-order chi connectivity index (χ1) is 10.2. The molecular formula is C14H15ClN6. The molecular weight excluding hydrogens is 288 g/mol. The molecule has 0 spiro atoms. The Morgan fingerprint density at radius 2 is 1.76 bits per heavy atom. The van der Waals surface area contributed by atoms with Crippen LogP contribution in [0.2, 0.25) is 5.02 Å². The van der Waals surface area contributed by atoms with Gasteiger partial charge in [-0.1, -0.05) is 11.6 Å². The Morgan fingerprint density at radius 1 is 1.10 bits per heavy atom. The molecule has 1 aliphatic rings. The second-order valence-electron chi connectivity index (χ2n) is 5.04. The number of nitriles is 1. The second kappa shape index (κ2) is 5.72. The Hall–Kier alpha value is -2.10. The number of halogens is 1. The van der Waals surface area contributed by atoms with Gasteiger partial charge in [-0.15, -0.1) is 15.0 Å². The van der Waals surface area contributed by atoms with Crippen LogP contribution in [0.25, 0.3) is 5.69 Å². The SMILES string of the molecule is CN1CCN(c2nn(-c3ccc(Cl)cc3)nc2C#N)CC1. The van der Waals surface area contributed by atoms with Gasteiger partial charge in [-0.05, 0) is 31.3 Å². The third-order valence-corrected chi connectivity index (χ3v) is 3.81. The lowest BCUT2D eigenvalue weighted by Crippen LogP contribution is -2.45. The molecule has 1 saturated heterocycles. The van der Waals surface area contributed by atoms with E-state index in [4.69, 9.17) is 11.6 Å². The van der Waals surface area contributed by atoms with Crippen LogP contribution in [-0.4, -0.2) is 53.1 Å². The van der Waals surface area contributed by atoms with E-state index in [-0.39, 0.29) is 0 Å². The van der Waals surface area contributed by atoms with Crippen molar-refractivity contribution in [1.29, 1.82) is 5.26 Å². The number of piperazine rings is 1. The monoisotopic (exact) mass is 302 g/mol. The van der Waals surface area contributed by atoms with E-state index in [0.29, 0.717) is 16.5 Å². The van der Waals surface area contributed by atoms with E-state index in [0.717, 1.165) is 31.9 Å². The summed E-state index contributed by atoms with van der Waals surface area (Å²) in [5.41, 5.74) is 1.14. The van der Waals surface area contributed by atoms with Gasteiger partial charge >= 0.3 is 0 Å². The van der Waals surface area contributed by atoms with Crippen molar-refractivity contribution in [1.82, 2.24) is 19.9 Å². The second-order valence-corrected chi connectivity index (χ2v) is 5.48. The minimum Gasteiger partial charge on any atom is -0.350 e. The quantitative estimate of drug-likeness (QED) is 0.842. The van der Waals surface area contributed by atoms with Crippen molar-refractivity contribution in [3.8, 4) is 11.8 Å². The third kappa shape index (κ3) is 2.84. The summed E-state index contributed by atoms with van der Waals surface area (Å²) in [5.74, 6) is 0.653. The fourth-order valence-corrected chi connectivity index (χ4v) is 2.42. The van der Waals surface area contributed by atoms with Crippen molar-refractivity contribution >= 4 is 17.4 Å². The van der Waals surface area contributed by atoms with Crippen LogP contribution >= 0.6 is 11.6 Å². The molecule has 1 aromatic carbocycles. The first kappa shape index (κ1) is 13.9. The van der Waals surface area contributed by atoms with E-state index >= 15 is 0 Å². The van der Waals surface area contributed by atoms with Crippen molar-refractivity contribution in [2.75, 3.05) is 38.1 Å². The van der Waals surface area contributed by atoms with Crippen LogP contribution in [0.4, 0.5) is 5.82 Å². The number of rotatable bonds is 2. The normalized spacial score (nSPS) is 16.0. The summed E-state index contributed by atoms with van der Waals surface area (Å²) in [6.07, 6.45) is 0. The number of nitrogens with zero attached hydrogens (tertiary/aromatic N) is 6. The van der Waals surface area contributed by atoms with Gasteiger partial charge in [0.25, 0.3) is 0 Å². The molecule has 2 heterocycles. The highest BCUT2D eigenvalue weighted by atomic mass is 35.5. The lowest BCUT2D eigenvalue weighted by atomic mass is 10.3. The van der Waals surface area contributed by atoms with Crippen LogP contribution in [0.5, 0.6) is 0 Å². The molecule has 0 radical (unpaired) electrons. The summed E-state index contributed by atoms with van der Waals surface area (Å²) in [4.78, 5) is 5.85. The van der Waals surface area contributed by atoms with E-state index in [9.17, 15) is 5.26 Å². The van der Waals surface area contributed by atoms with Crippen LogP contribution < -0.4 is 4.90 Å². The van der Waals surface area contributed by atoms with Crippen LogP contribution in [-0.2, 0) is 0 Å². The van der Waals surface area contributed by atoms with Crippen molar-refractivity contribution in [2.45, 2.75) is 0 Å². The Labute approximate surface area is 128 Å². The van der Waals surface area contributed by atoms with Crippen LogP contribution in [0.1, 0.15) is 5.69 Å². The average Bonchev–Trinajstić information content (AvgIpc) is 2.93. The van der Waals surface area contributed by atoms with Gasteiger partial charge in [-0.2, -0.15) is 5.26 Å². The zero-order valence-electron chi connectivity index (χ0n) is 11.7. The molecule has 21 heavy (non-hydrogen) atoms. The molecule has 1 fully saturated rings. The fourth-order valence-electron chi connectivity index (χ4n) is 2.29. The summed E-state index contributed by atoms with van der Waals surface area (Å²) in [6.45, 7) is 3.62. The molecule has 6 nitrogen and oxygen atoms in total. The van der Waals surface area contributed by atoms with E-state index in [1.54, 1.807) is 12.1 Å². The fraction of sp³-hybridized carbons (Fsp3) is 0.357. The molecule has 0 amide bonds. The average molecular weight is 303 g/mol. The minimum atomic E-state index is 0.356. The maximum Gasteiger partial charge on any atom is 0.207 e. The molecule has 1 aromatic heterocycles. The van der Waals surface area contributed by atoms with E-state index in [1.165, 1.54) is 4.80 Å². The number of likely N-dealkylation sites (N-methyl/N-ethyl adjacent to an activating group) is 1. The highest BCUT2D eigenvalue weighted by Crippen LogP contribution is 2.19. The van der Waals surface area contributed by atoms with Crippen LogP contribution in [0.15, 0.2) is 24.3 Å². The van der Waals surface area contributed by atoms with E-state index in [1.807, 2.05) is 12.1 Å². The zero-order valence-corrected chi connectivity index (χ0v) is 12.5. The molecule has 0 saturated carbocycles. The van der Waals surface area contributed by atoms with Gasteiger partial charge in [-0.3, -0.25) is 0 Å². The summed E-state index contributed by atoms with van der Waals surface area (Å²) in [5, 5.41) is 18.7. The Morgan fingerprint density at radius 3 is 2.38 bits per heavy atom. The van der Waals surface area contributed by atoms with Gasteiger partial charge in [0, 0.05) is 31.2 Å². The lowest BCUT2D eigenvalue weighted by Gasteiger charge is -2.32. The first-order valence-corrected chi connectivity index (χ1v) is 7.12. The van der Waals surface area contributed by atoms with Gasteiger partial charge in [0.1, 0.15) is 6.07 Å². The number of aromatic nitrogens is 3. The number of benzene rings is 1. The summed E-state index contributed by atoms with van der Waals surface area (Å²) < 4.78 is 0. The Bertz CT molecular complexity index is 664. The predicted molar refractivity (Wildman–Crippen MR) is 80.8 cm³/mol. The number of hydrogen-bond donors (Lipinski definition) is 0. The molecule has 0 bridgehead atoms. The predicted octanol–water partition coefficient (Wildman–Crippen LogP) is 1.54. The topological polar surface area (TPSA) is 61.0 Å². The summed E-state index contributed by atoms with van der Waals surface area (Å²) in [7, 11) is 2.09. The molecule has 0 aliphatic carbocycles. The van der Waals surface area contributed by atoms with Crippen LogP contribution in [0.3, 0.4) is 0 Å². The largest absolute Gasteiger partial charge is 0.350 e. The standard InChI is InChI=1S/C14H15ClN6/c1-19-6-8-20(9-7-19)14-13(10-16)17-21(18-14)12-4-2-11(15)3-5-12/h2-5H,6-9H2,1H3. The molecule has 2 aromatic rings. The summed E-state index contributed by atoms with van der Waals surface area (Å²) >= 11 is 5.88. The highest BCUT2D eigenvalue weighted by Gasteiger charge is 2.21. The van der Waals surface area contributed by atoms with Crippen molar-refractivity contribution in [2.24, 2.45) is 0 Å². The molecule has 1 aliphatic heterocycles.